The number of nitrogens with one attached hydrogen (secondary N) is 1. The maximum absolute atomic E-state index is 10.5. The minimum atomic E-state index is 0.297. The van der Waals surface area contributed by atoms with Gasteiger partial charge in [0.15, 0.2) is 0 Å². The van der Waals surface area contributed by atoms with Gasteiger partial charge in [0.1, 0.15) is 0 Å². The van der Waals surface area contributed by atoms with Gasteiger partial charge in [-0.25, -0.2) is 0 Å². The average molecular weight is 196 g/mol. The van der Waals surface area contributed by atoms with Gasteiger partial charge in [0.25, 0.3) is 0 Å². The normalized spacial score (nSPS) is 27.5. The Bertz CT molecular complexity index is 201. The molecule has 1 heterocycles. The van der Waals surface area contributed by atoms with Crippen LogP contribution in [0.4, 0.5) is 0 Å². The summed E-state index contributed by atoms with van der Waals surface area (Å²) in [5, 5.41) is 3.16. The summed E-state index contributed by atoms with van der Waals surface area (Å²) in [6, 6.07) is 0.297. The number of nitrogens with zero attached hydrogens (tertiary/aromatic N) is 1. The quantitative estimate of drug-likeness (QED) is 0.459. The number of aldehydes is 1. The summed E-state index contributed by atoms with van der Waals surface area (Å²) in [4.78, 5) is 12.8. The van der Waals surface area contributed by atoms with Crippen LogP contribution in [0.3, 0.4) is 0 Å². The molecule has 1 saturated heterocycles. The van der Waals surface area contributed by atoms with E-state index in [1.807, 2.05) is 0 Å². The fraction of sp³-hybridized carbons (Fsp3) is 0.889. The summed E-state index contributed by atoms with van der Waals surface area (Å²) in [5.74, 6) is 0.368. The SMILES string of the molecule is CCN1CC(CC=O)C(NCB=O)C1. The van der Waals surface area contributed by atoms with Crippen LogP contribution in [0, 0.1) is 5.92 Å². The van der Waals surface area contributed by atoms with E-state index in [0.29, 0.717) is 24.8 Å². The molecular formula is C9H17BN2O2. The number of carbonyl (C=O) groups excluding carboxylic acids is 1. The molecule has 2 atom stereocenters. The molecule has 2 unspecified atom stereocenters. The van der Waals surface area contributed by atoms with Crippen molar-refractivity contribution in [2.24, 2.45) is 5.92 Å². The van der Waals surface area contributed by atoms with Crippen molar-refractivity contribution >= 4 is 13.4 Å². The van der Waals surface area contributed by atoms with Gasteiger partial charge in [-0.05, 0) is 0 Å². The van der Waals surface area contributed by atoms with E-state index in [0.717, 1.165) is 33.1 Å². The molecule has 1 aliphatic heterocycles. The van der Waals surface area contributed by atoms with Crippen molar-refractivity contribution in [3.05, 3.63) is 0 Å². The molecule has 0 aromatic carbocycles. The first-order valence-corrected chi connectivity index (χ1v) is 5.14. The van der Waals surface area contributed by atoms with Crippen LogP contribution in [0.25, 0.3) is 0 Å². The fourth-order valence-corrected chi connectivity index (χ4v) is 2.01. The molecule has 14 heavy (non-hydrogen) atoms. The van der Waals surface area contributed by atoms with Crippen molar-refractivity contribution in [3.63, 3.8) is 0 Å². The van der Waals surface area contributed by atoms with E-state index in [4.69, 9.17) is 0 Å². The van der Waals surface area contributed by atoms with Gasteiger partial charge in [0, 0.05) is 0 Å². The van der Waals surface area contributed by atoms with Crippen molar-refractivity contribution in [2.75, 3.05) is 26.1 Å². The van der Waals surface area contributed by atoms with Crippen molar-refractivity contribution in [1.29, 1.82) is 0 Å². The molecule has 1 aliphatic rings. The van der Waals surface area contributed by atoms with E-state index in [1.54, 1.807) is 0 Å². The number of rotatable bonds is 6. The third-order valence-electron chi connectivity index (χ3n) is 2.83. The third-order valence-corrected chi connectivity index (χ3v) is 2.83. The second-order valence-corrected chi connectivity index (χ2v) is 3.70. The van der Waals surface area contributed by atoms with Gasteiger partial charge in [0.2, 0.25) is 0 Å². The molecule has 0 aromatic rings. The molecule has 0 aromatic heterocycles. The molecule has 5 heteroatoms. The zero-order valence-electron chi connectivity index (χ0n) is 8.61. The van der Waals surface area contributed by atoms with Gasteiger partial charge in [0.05, 0.1) is 0 Å². The Labute approximate surface area is 85.3 Å². The Balaban J connectivity index is 2.43. The van der Waals surface area contributed by atoms with Crippen LogP contribution in [0.5, 0.6) is 0 Å². The topological polar surface area (TPSA) is 49.4 Å². The predicted molar refractivity (Wildman–Crippen MR) is 54.5 cm³/mol. The summed E-state index contributed by atoms with van der Waals surface area (Å²) in [6.45, 7) is 5.03. The van der Waals surface area contributed by atoms with Crippen LogP contribution in [-0.4, -0.2) is 50.5 Å². The van der Waals surface area contributed by atoms with E-state index < -0.39 is 0 Å². The Kier molecular flexibility index (Phi) is 4.97. The van der Waals surface area contributed by atoms with Gasteiger partial charge in [-0.15, -0.1) is 0 Å². The Hall–Kier alpha value is -0.545. The van der Waals surface area contributed by atoms with Crippen LogP contribution in [0.1, 0.15) is 13.3 Å². The molecule has 0 aliphatic carbocycles. The van der Waals surface area contributed by atoms with Gasteiger partial charge in [-0.1, -0.05) is 0 Å². The van der Waals surface area contributed by atoms with E-state index >= 15 is 0 Å². The molecule has 1 rings (SSSR count). The first kappa shape index (κ1) is 11.5. The molecule has 0 bridgehead atoms. The third kappa shape index (κ3) is 2.99. The van der Waals surface area contributed by atoms with Gasteiger partial charge >= 0.3 is 84.5 Å². The minimum absolute atomic E-state index is 0.297. The molecule has 1 N–H and O–H groups in total. The Morgan fingerprint density at radius 3 is 2.93 bits per heavy atom. The summed E-state index contributed by atoms with van der Waals surface area (Å²) in [5.41, 5.74) is 0. The summed E-state index contributed by atoms with van der Waals surface area (Å²) >= 11 is 0. The standard InChI is InChI=1S/C9H17BN2O2/c1-2-12-5-8(3-4-13)9(6-12)11-7-10-14/h4,8-9,11H,2-3,5-7H2,1H3. The maximum atomic E-state index is 10.5. The Morgan fingerprint density at radius 2 is 2.36 bits per heavy atom. The van der Waals surface area contributed by atoms with E-state index in [2.05, 4.69) is 17.1 Å². The van der Waals surface area contributed by atoms with Crippen LogP contribution < -0.4 is 5.32 Å². The van der Waals surface area contributed by atoms with Gasteiger partial charge in [-0.2, -0.15) is 0 Å². The predicted octanol–water partition coefficient (Wildman–Crippen LogP) is -0.507. The summed E-state index contributed by atoms with van der Waals surface area (Å²) < 4.78 is 10.2. The van der Waals surface area contributed by atoms with Crippen LogP contribution >= 0.6 is 0 Å². The van der Waals surface area contributed by atoms with Crippen molar-refractivity contribution < 1.29 is 9.50 Å². The zero-order chi connectivity index (χ0) is 10.4. The van der Waals surface area contributed by atoms with Gasteiger partial charge in [-0.3, -0.25) is 0 Å². The molecule has 1 fully saturated rings. The van der Waals surface area contributed by atoms with Crippen molar-refractivity contribution in [2.45, 2.75) is 19.4 Å². The summed E-state index contributed by atoms with van der Waals surface area (Å²) in [6.07, 6.45) is 1.95. The van der Waals surface area contributed by atoms with Crippen LogP contribution in [-0.2, 0) is 9.50 Å². The first-order chi connectivity index (χ1) is 6.81. The van der Waals surface area contributed by atoms with E-state index in [1.165, 1.54) is 0 Å². The molecule has 0 spiro atoms. The number of likely N-dealkylation sites (tertiary alicyclic amines) is 1. The average Bonchev–Trinajstić information content (AvgIpc) is 2.58. The molecule has 4 nitrogen and oxygen atoms in total. The van der Waals surface area contributed by atoms with Crippen LogP contribution in [0.15, 0.2) is 0 Å². The second kappa shape index (κ2) is 6.04. The van der Waals surface area contributed by atoms with Crippen LogP contribution in [0.2, 0.25) is 0 Å². The zero-order valence-corrected chi connectivity index (χ0v) is 8.61. The van der Waals surface area contributed by atoms with E-state index in [-0.39, 0.29) is 0 Å². The molecule has 0 radical (unpaired) electrons. The van der Waals surface area contributed by atoms with Gasteiger partial charge < -0.3 is 0 Å². The monoisotopic (exact) mass is 196 g/mol. The number of likely N-dealkylation sites (N-methyl/N-ethyl adjacent to an activating group) is 1. The first-order valence-electron chi connectivity index (χ1n) is 5.14. The number of carbonyl (C=O) groups is 1. The number of hydrogen-bond acceptors (Lipinski definition) is 4. The second-order valence-electron chi connectivity index (χ2n) is 3.70. The van der Waals surface area contributed by atoms with Crippen molar-refractivity contribution in [3.8, 4) is 0 Å². The Morgan fingerprint density at radius 1 is 1.57 bits per heavy atom. The van der Waals surface area contributed by atoms with E-state index in [9.17, 15) is 9.50 Å². The molecule has 0 saturated carbocycles. The molecular weight excluding hydrogens is 179 g/mol. The number of hydrogen-bond donors (Lipinski definition) is 1. The molecule has 0 amide bonds. The summed E-state index contributed by atoms with van der Waals surface area (Å²) in [7, 11) is 0.868. The fourth-order valence-electron chi connectivity index (χ4n) is 2.01. The molecule has 78 valence electrons. The van der Waals surface area contributed by atoms with Crippen molar-refractivity contribution in [1.82, 2.24) is 10.2 Å².